The predicted molar refractivity (Wildman–Crippen MR) is 114 cm³/mol. The van der Waals surface area contributed by atoms with Crippen molar-refractivity contribution in [3.63, 3.8) is 0 Å². The molecule has 3 rings (SSSR count). The minimum Gasteiger partial charge on any atom is -0.494 e. The fourth-order valence-electron chi connectivity index (χ4n) is 3.16. The number of carbonyl (C=O) groups is 1. The Morgan fingerprint density at radius 3 is 2.28 bits per heavy atom. The van der Waals surface area contributed by atoms with Crippen LogP contribution in [-0.2, 0) is 11.4 Å². The zero-order chi connectivity index (χ0) is 20.6. The highest BCUT2D eigenvalue weighted by Crippen LogP contribution is 2.25. The molecule has 4 heteroatoms. The predicted octanol–water partition coefficient (Wildman–Crippen LogP) is 5.91. The fourth-order valence-corrected chi connectivity index (χ4v) is 3.16. The lowest BCUT2D eigenvalue weighted by Gasteiger charge is -2.11. The third-order valence-electron chi connectivity index (χ3n) is 4.77. The van der Waals surface area contributed by atoms with Crippen LogP contribution in [-0.4, -0.2) is 17.7 Å². The van der Waals surface area contributed by atoms with Crippen LogP contribution in [0.15, 0.2) is 72.8 Å². The molecule has 4 nitrogen and oxygen atoms in total. The minimum absolute atomic E-state index is 0.0182. The summed E-state index contributed by atoms with van der Waals surface area (Å²) in [5.74, 6) is 0.838. The molecule has 0 aliphatic carbocycles. The lowest BCUT2D eigenvalue weighted by molar-refractivity contribution is -0.137. The molecule has 0 fully saturated rings. The molecule has 29 heavy (non-hydrogen) atoms. The Hall–Kier alpha value is -3.27. The molecule has 150 valence electrons. The molecule has 0 saturated heterocycles. The van der Waals surface area contributed by atoms with Crippen molar-refractivity contribution < 1.29 is 19.4 Å². The van der Waals surface area contributed by atoms with Crippen LogP contribution in [0.5, 0.6) is 11.5 Å². The summed E-state index contributed by atoms with van der Waals surface area (Å²) < 4.78 is 11.4. The zero-order valence-corrected chi connectivity index (χ0v) is 16.8. The molecule has 1 N–H and O–H groups in total. The molecule has 3 aromatic rings. The molecule has 0 saturated carbocycles. The van der Waals surface area contributed by atoms with Gasteiger partial charge in [-0.1, -0.05) is 55.5 Å². The summed E-state index contributed by atoms with van der Waals surface area (Å²) in [6, 6.07) is 24.0. The molecule has 0 bridgehead atoms. The third-order valence-corrected chi connectivity index (χ3v) is 4.77. The van der Waals surface area contributed by atoms with E-state index in [1.807, 2.05) is 56.3 Å². The van der Waals surface area contributed by atoms with Crippen molar-refractivity contribution in [1.82, 2.24) is 0 Å². The topological polar surface area (TPSA) is 55.8 Å². The molecule has 0 spiro atoms. The van der Waals surface area contributed by atoms with Crippen LogP contribution in [0.2, 0.25) is 0 Å². The molecular formula is C25H26O4. The van der Waals surface area contributed by atoms with Gasteiger partial charge < -0.3 is 14.6 Å². The van der Waals surface area contributed by atoms with E-state index >= 15 is 0 Å². The second kappa shape index (κ2) is 9.78. The number of benzene rings is 3. The fraction of sp³-hybridized carbons (Fsp3) is 0.240. The Labute approximate surface area is 171 Å². The van der Waals surface area contributed by atoms with Gasteiger partial charge in [0.1, 0.15) is 18.1 Å². The quantitative estimate of drug-likeness (QED) is 0.493. The van der Waals surface area contributed by atoms with E-state index in [-0.39, 0.29) is 12.3 Å². The van der Waals surface area contributed by atoms with Gasteiger partial charge in [0.15, 0.2) is 0 Å². The van der Waals surface area contributed by atoms with E-state index in [2.05, 4.69) is 30.3 Å². The first-order valence-electron chi connectivity index (χ1n) is 9.82. The second-order valence-corrected chi connectivity index (χ2v) is 7.01. The van der Waals surface area contributed by atoms with Gasteiger partial charge in [0.05, 0.1) is 13.0 Å². The molecule has 0 amide bonds. The van der Waals surface area contributed by atoms with Crippen LogP contribution < -0.4 is 9.47 Å². The van der Waals surface area contributed by atoms with Crippen molar-refractivity contribution in [2.24, 2.45) is 0 Å². The maximum atomic E-state index is 10.8. The molecule has 1 unspecified atom stereocenters. The zero-order valence-electron chi connectivity index (χ0n) is 16.8. The van der Waals surface area contributed by atoms with Crippen LogP contribution in [0.25, 0.3) is 11.1 Å². The molecule has 0 aliphatic heterocycles. The number of carboxylic acid groups (broad SMARTS) is 1. The van der Waals surface area contributed by atoms with Gasteiger partial charge in [0.2, 0.25) is 0 Å². The van der Waals surface area contributed by atoms with Gasteiger partial charge in [0, 0.05) is 0 Å². The van der Waals surface area contributed by atoms with Crippen molar-refractivity contribution in [2.75, 3.05) is 6.61 Å². The van der Waals surface area contributed by atoms with Gasteiger partial charge in [-0.15, -0.1) is 0 Å². The third kappa shape index (κ3) is 5.85. The largest absolute Gasteiger partial charge is 0.494 e. The molecule has 0 radical (unpaired) electrons. The van der Waals surface area contributed by atoms with Crippen molar-refractivity contribution in [1.29, 1.82) is 0 Å². The lowest BCUT2D eigenvalue weighted by Crippen LogP contribution is -2.03. The van der Waals surface area contributed by atoms with Gasteiger partial charge in [0.25, 0.3) is 0 Å². The van der Waals surface area contributed by atoms with Gasteiger partial charge in [-0.3, -0.25) is 4.79 Å². The number of hydrogen-bond acceptors (Lipinski definition) is 3. The van der Waals surface area contributed by atoms with Gasteiger partial charge in [-0.2, -0.15) is 0 Å². The molecule has 1 atom stereocenters. The molecule has 3 aromatic carbocycles. The van der Waals surface area contributed by atoms with Crippen LogP contribution in [0.1, 0.15) is 37.3 Å². The van der Waals surface area contributed by atoms with Crippen molar-refractivity contribution in [3.8, 4) is 22.6 Å². The summed E-state index contributed by atoms with van der Waals surface area (Å²) in [5, 5.41) is 8.91. The number of ether oxygens (including phenoxy) is 2. The highest BCUT2D eigenvalue weighted by Gasteiger charge is 2.10. The van der Waals surface area contributed by atoms with E-state index < -0.39 is 5.97 Å². The maximum Gasteiger partial charge on any atom is 0.303 e. The van der Waals surface area contributed by atoms with E-state index in [1.165, 1.54) is 0 Å². The van der Waals surface area contributed by atoms with E-state index in [9.17, 15) is 4.79 Å². The first-order chi connectivity index (χ1) is 14.0. The molecule has 0 aliphatic rings. The van der Waals surface area contributed by atoms with E-state index in [4.69, 9.17) is 14.6 Å². The van der Waals surface area contributed by atoms with E-state index in [0.29, 0.717) is 13.2 Å². The Balaban J connectivity index is 1.59. The molecule has 0 aromatic heterocycles. The number of carboxylic acids is 1. The second-order valence-electron chi connectivity index (χ2n) is 7.01. The summed E-state index contributed by atoms with van der Waals surface area (Å²) >= 11 is 0. The van der Waals surface area contributed by atoms with Crippen LogP contribution in [0.4, 0.5) is 0 Å². The monoisotopic (exact) mass is 390 g/mol. The van der Waals surface area contributed by atoms with Gasteiger partial charge in [-0.25, -0.2) is 0 Å². The van der Waals surface area contributed by atoms with Crippen LogP contribution >= 0.6 is 0 Å². The average molecular weight is 390 g/mol. The highest BCUT2D eigenvalue weighted by atomic mass is 16.5. The van der Waals surface area contributed by atoms with Crippen molar-refractivity contribution in [3.05, 3.63) is 83.9 Å². The van der Waals surface area contributed by atoms with Crippen molar-refractivity contribution in [2.45, 2.75) is 32.8 Å². The Bertz CT molecular complexity index is 930. The Morgan fingerprint density at radius 1 is 0.897 bits per heavy atom. The number of hydrogen-bond donors (Lipinski definition) is 1. The number of rotatable bonds is 9. The van der Waals surface area contributed by atoms with E-state index in [0.717, 1.165) is 33.8 Å². The highest BCUT2D eigenvalue weighted by molar-refractivity contribution is 5.68. The lowest BCUT2D eigenvalue weighted by atomic mass is 9.98. The minimum atomic E-state index is -0.786. The Kier molecular flexibility index (Phi) is 6.90. The first-order valence-corrected chi connectivity index (χ1v) is 9.82. The summed E-state index contributed by atoms with van der Waals surface area (Å²) in [7, 11) is 0. The van der Waals surface area contributed by atoms with E-state index in [1.54, 1.807) is 0 Å². The normalized spacial score (nSPS) is 11.7. The maximum absolute atomic E-state index is 10.8. The summed E-state index contributed by atoms with van der Waals surface area (Å²) in [6.07, 6.45) is 0.125. The van der Waals surface area contributed by atoms with Crippen molar-refractivity contribution >= 4 is 5.97 Å². The van der Waals surface area contributed by atoms with Gasteiger partial charge in [-0.05, 0) is 59.4 Å². The van der Waals surface area contributed by atoms with Gasteiger partial charge >= 0.3 is 5.97 Å². The Morgan fingerprint density at radius 2 is 1.62 bits per heavy atom. The standard InChI is InChI=1S/C25H26O4/c1-3-28-24-6-4-5-22(16-24)21-9-7-19(8-10-21)17-29-23-13-11-20(12-14-23)18(2)15-25(26)27/h4-14,16,18H,3,15,17H2,1-2H3,(H,26,27). The first kappa shape index (κ1) is 20.5. The summed E-state index contributed by atoms with van der Waals surface area (Å²) in [4.78, 5) is 10.8. The number of aliphatic carboxylic acids is 1. The summed E-state index contributed by atoms with van der Waals surface area (Å²) in [6.45, 7) is 5.02. The smallest absolute Gasteiger partial charge is 0.303 e. The SMILES string of the molecule is CCOc1cccc(-c2ccc(COc3ccc(C(C)CC(=O)O)cc3)cc2)c1. The summed E-state index contributed by atoms with van der Waals surface area (Å²) in [5.41, 5.74) is 4.33. The van der Waals surface area contributed by atoms with Crippen LogP contribution in [0, 0.1) is 0 Å². The average Bonchev–Trinajstić information content (AvgIpc) is 2.73. The molecular weight excluding hydrogens is 364 g/mol. The van der Waals surface area contributed by atoms with Crippen LogP contribution in [0.3, 0.4) is 0 Å². The molecule has 0 heterocycles.